The molecule has 0 saturated carbocycles. The topological polar surface area (TPSA) is 210 Å². The number of carboxylic acid groups (broad SMARTS) is 1. The Balaban J connectivity index is 0.000000504. The number of benzene rings is 1. The Hall–Kier alpha value is -2.46. The van der Waals surface area contributed by atoms with Crippen molar-refractivity contribution in [2.45, 2.75) is 6.42 Å². The van der Waals surface area contributed by atoms with E-state index in [2.05, 4.69) is 15.3 Å². The number of nitrogens with two attached hydrogens (primary N) is 3. The maximum Gasteiger partial charge on any atom is 0.339 e. The molecule has 11 nitrogen and oxygen atoms in total. The Bertz CT molecular complexity index is 627. The van der Waals surface area contributed by atoms with Gasteiger partial charge < -0.3 is 32.1 Å². The van der Waals surface area contributed by atoms with Gasteiger partial charge in [-0.05, 0) is 12.0 Å². The van der Waals surface area contributed by atoms with Crippen LogP contribution in [0.1, 0.15) is 5.56 Å². The molecule has 0 heterocycles. The summed E-state index contributed by atoms with van der Waals surface area (Å²) < 4.78 is 10.1. The number of nitrogens with zero attached hydrogens (tertiary/aromatic N) is 2. The van der Waals surface area contributed by atoms with Crippen LogP contribution in [0.15, 0.2) is 40.3 Å². The van der Waals surface area contributed by atoms with Gasteiger partial charge in [-0.25, -0.2) is 0 Å². The quantitative estimate of drug-likeness (QED) is 0.170. The lowest BCUT2D eigenvalue weighted by atomic mass is 10.2. The SMILES string of the molecule is NC(N)=NC(N)=NCCc1ccccc1.O=C(O)CNCP(=O)(O)O. The Morgan fingerprint density at radius 1 is 1.16 bits per heavy atom. The number of hydrogen-bond acceptors (Lipinski definition) is 4. The Labute approximate surface area is 144 Å². The van der Waals surface area contributed by atoms with Crippen molar-refractivity contribution in [3.63, 3.8) is 0 Å². The molecule has 140 valence electrons. The molecule has 0 fully saturated rings. The van der Waals surface area contributed by atoms with Gasteiger partial charge in [-0.15, -0.1) is 0 Å². The molecule has 12 heteroatoms. The van der Waals surface area contributed by atoms with E-state index in [1.807, 2.05) is 30.3 Å². The van der Waals surface area contributed by atoms with Crippen LogP contribution in [-0.4, -0.2) is 52.2 Å². The standard InChI is InChI=1S/C10H15N5.C3H8NO5P/c11-9(12)15-10(13)14-7-6-8-4-2-1-3-5-8;5-3(6)1-4-2-10(7,8)9/h1-5H,6-7H2,(H6,11,12,13,14,15);4H,1-2H2,(H,5,6)(H2,7,8,9). The van der Waals surface area contributed by atoms with Crippen molar-refractivity contribution in [3.8, 4) is 0 Å². The monoisotopic (exact) mass is 374 g/mol. The summed E-state index contributed by atoms with van der Waals surface area (Å²) in [6.45, 7) is 0.137. The Morgan fingerprint density at radius 2 is 1.76 bits per heavy atom. The molecule has 0 amide bonds. The van der Waals surface area contributed by atoms with Crippen LogP contribution in [-0.2, 0) is 15.8 Å². The van der Waals surface area contributed by atoms with Crippen LogP contribution in [0.4, 0.5) is 0 Å². The zero-order valence-corrected chi connectivity index (χ0v) is 14.3. The molecule has 1 rings (SSSR count). The van der Waals surface area contributed by atoms with Crippen molar-refractivity contribution in [1.82, 2.24) is 5.32 Å². The minimum atomic E-state index is -4.10. The van der Waals surface area contributed by atoms with Crippen LogP contribution in [0.3, 0.4) is 0 Å². The van der Waals surface area contributed by atoms with Gasteiger partial charge in [-0.2, -0.15) is 4.99 Å². The molecule has 0 aliphatic carbocycles. The third-order valence-electron chi connectivity index (χ3n) is 2.35. The number of carboxylic acids is 1. The predicted octanol–water partition coefficient (Wildman–Crippen LogP) is -1.39. The molecule has 0 saturated heterocycles. The van der Waals surface area contributed by atoms with Crippen molar-refractivity contribution in [2.75, 3.05) is 19.4 Å². The lowest BCUT2D eigenvalue weighted by molar-refractivity contribution is -0.135. The summed E-state index contributed by atoms with van der Waals surface area (Å²) in [4.78, 5) is 33.8. The number of hydrogen-bond donors (Lipinski definition) is 7. The second kappa shape index (κ2) is 12.0. The van der Waals surface area contributed by atoms with Crippen LogP contribution in [0.5, 0.6) is 0 Å². The van der Waals surface area contributed by atoms with E-state index in [-0.39, 0.29) is 11.9 Å². The highest BCUT2D eigenvalue weighted by Crippen LogP contribution is 2.31. The van der Waals surface area contributed by atoms with Gasteiger partial charge in [0.2, 0.25) is 5.96 Å². The first-order chi connectivity index (χ1) is 11.6. The second-order valence-corrected chi connectivity index (χ2v) is 6.30. The zero-order valence-electron chi connectivity index (χ0n) is 13.4. The van der Waals surface area contributed by atoms with Gasteiger partial charge in [-0.1, -0.05) is 30.3 Å². The van der Waals surface area contributed by atoms with E-state index < -0.39 is 26.4 Å². The summed E-state index contributed by atoms with van der Waals surface area (Å²) in [6, 6.07) is 10.0. The molecule has 25 heavy (non-hydrogen) atoms. The van der Waals surface area contributed by atoms with Gasteiger partial charge in [-0.3, -0.25) is 19.7 Å². The van der Waals surface area contributed by atoms with Crippen molar-refractivity contribution >= 4 is 25.5 Å². The Kier molecular flexibility index (Phi) is 10.8. The van der Waals surface area contributed by atoms with E-state index in [4.69, 9.17) is 32.1 Å². The molecule has 0 aliphatic rings. The predicted molar refractivity (Wildman–Crippen MR) is 95.0 cm³/mol. The summed E-state index contributed by atoms with van der Waals surface area (Å²) in [7, 11) is -4.10. The molecule has 0 bridgehead atoms. The first kappa shape index (κ1) is 22.5. The second-order valence-electron chi connectivity index (χ2n) is 4.66. The van der Waals surface area contributed by atoms with Gasteiger partial charge in [0.1, 0.15) is 0 Å². The van der Waals surface area contributed by atoms with Crippen LogP contribution in [0, 0.1) is 0 Å². The fourth-order valence-electron chi connectivity index (χ4n) is 1.42. The largest absolute Gasteiger partial charge is 0.480 e. The summed E-state index contributed by atoms with van der Waals surface area (Å²) in [6.07, 6.45) is 0.223. The summed E-state index contributed by atoms with van der Waals surface area (Å²) >= 11 is 0. The number of rotatable bonds is 7. The average Bonchev–Trinajstić information content (AvgIpc) is 2.46. The summed E-state index contributed by atoms with van der Waals surface area (Å²) in [5.74, 6) is -1.10. The molecule has 0 radical (unpaired) electrons. The smallest absolute Gasteiger partial charge is 0.339 e. The minimum absolute atomic E-state index is 0.0732. The third kappa shape index (κ3) is 16.2. The number of carbonyl (C=O) groups is 1. The van der Waals surface area contributed by atoms with Gasteiger partial charge in [0.25, 0.3) is 0 Å². The van der Waals surface area contributed by atoms with Crippen LogP contribution < -0.4 is 22.5 Å². The van der Waals surface area contributed by atoms with Crippen molar-refractivity contribution < 1.29 is 24.3 Å². The maximum atomic E-state index is 10.1. The van der Waals surface area contributed by atoms with Gasteiger partial charge in [0.05, 0.1) is 12.8 Å². The van der Waals surface area contributed by atoms with Crippen molar-refractivity contribution in [2.24, 2.45) is 27.2 Å². The fourth-order valence-corrected chi connectivity index (χ4v) is 1.82. The Morgan fingerprint density at radius 3 is 2.24 bits per heavy atom. The van der Waals surface area contributed by atoms with E-state index in [1.165, 1.54) is 5.56 Å². The number of nitrogens with one attached hydrogen (secondary N) is 1. The molecule has 1 aromatic carbocycles. The highest BCUT2D eigenvalue weighted by Gasteiger charge is 2.11. The van der Waals surface area contributed by atoms with Gasteiger partial charge >= 0.3 is 13.6 Å². The first-order valence-corrected chi connectivity index (χ1v) is 8.80. The molecule has 0 spiro atoms. The number of guanidine groups is 2. The van der Waals surface area contributed by atoms with Crippen LogP contribution >= 0.6 is 7.60 Å². The highest BCUT2D eigenvalue weighted by atomic mass is 31.2. The van der Waals surface area contributed by atoms with Crippen molar-refractivity contribution in [1.29, 1.82) is 0 Å². The third-order valence-corrected chi connectivity index (χ3v) is 2.99. The van der Waals surface area contributed by atoms with E-state index in [0.717, 1.165) is 6.42 Å². The molecule has 10 N–H and O–H groups in total. The van der Waals surface area contributed by atoms with Gasteiger partial charge in [0.15, 0.2) is 5.96 Å². The lowest BCUT2D eigenvalue weighted by Crippen LogP contribution is -2.26. The zero-order chi connectivity index (χ0) is 19.3. The van der Waals surface area contributed by atoms with Gasteiger partial charge in [0, 0.05) is 6.54 Å². The van der Waals surface area contributed by atoms with E-state index in [0.29, 0.717) is 6.54 Å². The molecule has 0 aromatic heterocycles. The minimum Gasteiger partial charge on any atom is -0.480 e. The van der Waals surface area contributed by atoms with E-state index >= 15 is 0 Å². The summed E-state index contributed by atoms with van der Waals surface area (Å²) in [5, 5.41) is 10.1. The molecule has 0 atom stereocenters. The fraction of sp³-hybridized carbons (Fsp3) is 0.308. The van der Waals surface area contributed by atoms with Crippen LogP contribution in [0.2, 0.25) is 0 Å². The number of aliphatic imine (C=N–C) groups is 2. The molecular formula is C13H23N6O5P. The van der Waals surface area contributed by atoms with E-state index in [1.54, 1.807) is 0 Å². The maximum absolute atomic E-state index is 10.1. The first-order valence-electron chi connectivity index (χ1n) is 7.00. The van der Waals surface area contributed by atoms with Crippen molar-refractivity contribution in [3.05, 3.63) is 35.9 Å². The number of aliphatic carboxylic acids is 1. The summed E-state index contributed by atoms with van der Waals surface area (Å²) in [5.41, 5.74) is 16.9. The highest BCUT2D eigenvalue weighted by molar-refractivity contribution is 7.51. The van der Waals surface area contributed by atoms with E-state index in [9.17, 15) is 9.36 Å². The molecular weight excluding hydrogens is 351 g/mol. The molecule has 1 aromatic rings. The molecule has 0 unspecified atom stereocenters. The average molecular weight is 374 g/mol. The lowest BCUT2D eigenvalue weighted by Gasteiger charge is -2.02. The van der Waals surface area contributed by atoms with Crippen LogP contribution in [0.25, 0.3) is 0 Å². The molecule has 0 aliphatic heterocycles. The normalized spacial score (nSPS) is 11.2.